The van der Waals surface area contributed by atoms with Gasteiger partial charge in [-0.1, -0.05) is 16.8 Å². The van der Waals surface area contributed by atoms with Crippen LogP contribution >= 0.6 is 11.6 Å². The molecule has 0 aliphatic carbocycles. The van der Waals surface area contributed by atoms with Crippen molar-refractivity contribution in [1.29, 1.82) is 0 Å². The fourth-order valence-electron chi connectivity index (χ4n) is 1.63. The van der Waals surface area contributed by atoms with Gasteiger partial charge < -0.3 is 14.7 Å². The SMILES string of the molecule is CCOc1cc(/C=C2\C(=O)ON=C2C)cc(Cl)c1O. The number of benzene rings is 1. The maximum absolute atomic E-state index is 11.4. The van der Waals surface area contributed by atoms with E-state index in [9.17, 15) is 9.90 Å². The van der Waals surface area contributed by atoms with E-state index >= 15 is 0 Å². The van der Waals surface area contributed by atoms with Gasteiger partial charge in [-0.15, -0.1) is 0 Å². The topological polar surface area (TPSA) is 68.1 Å². The summed E-state index contributed by atoms with van der Waals surface area (Å²) < 4.78 is 5.27. The van der Waals surface area contributed by atoms with E-state index in [0.717, 1.165) is 0 Å². The Hall–Kier alpha value is -2.01. The van der Waals surface area contributed by atoms with Crippen molar-refractivity contribution in [2.45, 2.75) is 13.8 Å². The summed E-state index contributed by atoms with van der Waals surface area (Å²) in [7, 11) is 0. The lowest BCUT2D eigenvalue weighted by atomic mass is 10.1. The van der Waals surface area contributed by atoms with E-state index in [2.05, 4.69) is 9.99 Å². The molecule has 0 fully saturated rings. The summed E-state index contributed by atoms with van der Waals surface area (Å²) in [6, 6.07) is 3.13. The molecule has 0 bridgehead atoms. The van der Waals surface area contributed by atoms with E-state index in [0.29, 0.717) is 23.5 Å². The fraction of sp³-hybridized carbons (Fsp3) is 0.231. The van der Waals surface area contributed by atoms with Crippen LogP contribution in [0.5, 0.6) is 11.5 Å². The second-order valence-corrected chi connectivity index (χ2v) is 4.30. The van der Waals surface area contributed by atoms with Crippen LogP contribution in [0, 0.1) is 0 Å². The molecule has 0 aromatic heterocycles. The molecule has 0 amide bonds. The van der Waals surface area contributed by atoms with E-state index in [1.165, 1.54) is 6.07 Å². The lowest BCUT2D eigenvalue weighted by Gasteiger charge is -2.08. The molecule has 0 spiro atoms. The molecule has 0 saturated carbocycles. The van der Waals surface area contributed by atoms with Crippen LogP contribution in [0.1, 0.15) is 19.4 Å². The van der Waals surface area contributed by atoms with E-state index in [1.54, 1.807) is 26.0 Å². The van der Waals surface area contributed by atoms with Crippen molar-refractivity contribution in [2.75, 3.05) is 6.61 Å². The van der Waals surface area contributed by atoms with Crippen LogP contribution in [0.2, 0.25) is 5.02 Å². The van der Waals surface area contributed by atoms with Gasteiger partial charge in [-0.3, -0.25) is 0 Å². The highest BCUT2D eigenvalue weighted by Crippen LogP contribution is 2.36. The zero-order valence-corrected chi connectivity index (χ0v) is 11.2. The Morgan fingerprint density at radius 2 is 2.26 bits per heavy atom. The molecule has 0 unspecified atom stereocenters. The summed E-state index contributed by atoms with van der Waals surface area (Å²) in [5.74, 6) is -0.368. The molecule has 100 valence electrons. The first-order chi connectivity index (χ1) is 9.02. The highest BCUT2D eigenvalue weighted by molar-refractivity contribution is 6.32. The summed E-state index contributed by atoms with van der Waals surface area (Å²) in [6.07, 6.45) is 1.59. The third-order valence-corrected chi connectivity index (χ3v) is 2.82. The number of ether oxygens (including phenoxy) is 1. The third-order valence-electron chi connectivity index (χ3n) is 2.54. The minimum Gasteiger partial charge on any atom is -0.503 e. The average molecular weight is 282 g/mol. The van der Waals surface area contributed by atoms with Gasteiger partial charge in [-0.2, -0.15) is 0 Å². The van der Waals surface area contributed by atoms with Gasteiger partial charge >= 0.3 is 5.97 Å². The van der Waals surface area contributed by atoms with Gasteiger partial charge in [-0.25, -0.2) is 4.79 Å². The summed E-state index contributed by atoms with van der Waals surface area (Å²) in [6.45, 7) is 3.86. The number of phenolic OH excluding ortho intramolecular Hbond substituents is 1. The second-order valence-electron chi connectivity index (χ2n) is 3.90. The highest BCUT2D eigenvalue weighted by atomic mass is 35.5. The lowest BCUT2D eigenvalue weighted by molar-refractivity contribution is -0.136. The van der Waals surface area contributed by atoms with Crippen molar-refractivity contribution in [3.63, 3.8) is 0 Å². The molecule has 0 radical (unpaired) electrons. The molecule has 1 aromatic carbocycles. The monoisotopic (exact) mass is 281 g/mol. The summed E-state index contributed by atoms with van der Waals surface area (Å²) in [5.41, 5.74) is 1.46. The largest absolute Gasteiger partial charge is 0.503 e. The number of hydrogen-bond donors (Lipinski definition) is 1. The van der Waals surface area contributed by atoms with Crippen LogP contribution in [0.3, 0.4) is 0 Å². The number of hydrogen-bond acceptors (Lipinski definition) is 5. The maximum Gasteiger partial charge on any atom is 0.367 e. The molecule has 1 heterocycles. The summed E-state index contributed by atoms with van der Waals surface area (Å²) in [5, 5.41) is 13.5. The molecule has 1 aliphatic rings. The van der Waals surface area contributed by atoms with Crippen LogP contribution in [0.25, 0.3) is 6.08 Å². The molecular weight excluding hydrogens is 270 g/mol. The molecule has 1 N–H and O–H groups in total. The van der Waals surface area contributed by atoms with Gasteiger partial charge in [0.1, 0.15) is 0 Å². The normalized spacial score (nSPS) is 16.5. The molecule has 1 aliphatic heterocycles. The fourth-order valence-corrected chi connectivity index (χ4v) is 1.85. The zero-order valence-electron chi connectivity index (χ0n) is 10.4. The van der Waals surface area contributed by atoms with Crippen molar-refractivity contribution >= 4 is 29.4 Å². The van der Waals surface area contributed by atoms with E-state index < -0.39 is 5.97 Å². The first-order valence-electron chi connectivity index (χ1n) is 5.66. The Balaban J connectivity index is 2.44. The Kier molecular flexibility index (Phi) is 3.76. The third kappa shape index (κ3) is 2.71. The van der Waals surface area contributed by atoms with Crippen molar-refractivity contribution in [1.82, 2.24) is 0 Å². The van der Waals surface area contributed by atoms with Crippen LogP contribution in [0.4, 0.5) is 0 Å². The number of carbonyl (C=O) groups excluding carboxylic acids is 1. The first-order valence-corrected chi connectivity index (χ1v) is 6.04. The van der Waals surface area contributed by atoms with Crippen LogP contribution in [0.15, 0.2) is 22.9 Å². The Bertz CT molecular complexity index is 593. The second kappa shape index (κ2) is 5.32. The number of halogens is 1. The Morgan fingerprint density at radius 1 is 1.53 bits per heavy atom. The Morgan fingerprint density at radius 3 is 2.84 bits per heavy atom. The number of rotatable bonds is 3. The van der Waals surface area contributed by atoms with E-state index in [4.69, 9.17) is 16.3 Å². The van der Waals surface area contributed by atoms with Gasteiger partial charge in [0.05, 0.1) is 22.9 Å². The minimum absolute atomic E-state index is 0.120. The average Bonchev–Trinajstić information content (AvgIpc) is 2.67. The molecule has 2 rings (SSSR count). The van der Waals surface area contributed by atoms with E-state index in [-0.39, 0.29) is 16.5 Å². The smallest absolute Gasteiger partial charge is 0.367 e. The van der Waals surface area contributed by atoms with Gasteiger partial charge in [0, 0.05) is 0 Å². The molecule has 19 heavy (non-hydrogen) atoms. The predicted octanol–water partition coefficient (Wildman–Crippen LogP) is 2.76. The predicted molar refractivity (Wildman–Crippen MR) is 71.5 cm³/mol. The number of aromatic hydroxyl groups is 1. The number of nitrogens with zero attached hydrogens (tertiary/aromatic N) is 1. The Labute approximate surface area is 115 Å². The van der Waals surface area contributed by atoms with Crippen molar-refractivity contribution in [2.24, 2.45) is 5.16 Å². The number of carbonyl (C=O) groups is 1. The van der Waals surface area contributed by atoms with Gasteiger partial charge in [0.2, 0.25) is 0 Å². The lowest BCUT2D eigenvalue weighted by Crippen LogP contribution is -2.01. The van der Waals surface area contributed by atoms with Crippen LogP contribution in [-0.4, -0.2) is 23.4 Å². The van der Waals surface area contributed by atoms with E-state index in [1.807, 2.05) is 0 Å². The quantitative estimate of drug-likeness (QED) is 0.683. The van der Waals surface area contributed by atoms with Crippen LogP contribution < -0.4 is 4.74 Å². The first kappa shape index (κ1) is 13.4. The molecule has 5 nitrogen and oxygen atoms in total. The van der Waals surface area contributed by atoms with Gasteiger partial charge in [0.25, 0.3) is 0 Å². The molecule has 1 aromatic rings. The summed E-state index contributed by atoms with van der Waals surface area (Å²) in [4.78, 5) is 16.0. The molecular formula is C13H12ClNO4. The number of oxime groups is 1. The van der Waals surface area contributed by atoms with Crippen molar-refractivity contribution < 1.29 is 19.5 Å². The highest BCUT2D eigenvalue weighted by Gasteiger charge is 2.22. The standard InChI is InChI=1S/C13H12ClNO4/c1-3-18-11-6-8(5-10(14)12(11)16)4-9-7(2)15-19-13(9)17/h4-6,16H,3H2,1-2H3/b9-4-. The molecule has 6 heteroatoms. The summed E-state index contributed by atoms with van der Waals surface area (Å²) >= 11 is 5.91. The van der Waals surface area contributed by atoms with Crippen LogP contribution in [-0.2, 0) is 9.63 Å². The zero-order chi connectivity index (χ0) is 14.0. The maximum atomic E-state index is 11.4. The van der Waals surface area contributed by atoms with Gasteiger partial charge in [-0.05, 0) is 37.6 Å². The molecule has 0 atom stereocenters. The number of phenols is 1. The van der Waals surface area contributed by atoms with Crippen molar-refractivity contribution in [3.8, 4) is 11.5 Å². The minimum atomic E-state index is -0.514. The molecule has 0 saturated heterocycles. The van der Waals surface area contributed by atoms with Crippen molar-refractivity contribution in [3.05, 3.63) is 28.3 Å². The van der Waals surface area contributed by atoms with Gasteiger partial charge in [0.15, 0.2) is 11.5 Å².